The molecular weight excluding hydrogens is 462 g/mol. The number of carbonyl (C=O) groups excluding carboxylic acids is 2. The molecule has 1 amide bonds. The van der Waals surface area contributed by atoms with Crippen molar-refractivity contribution in [1.82, 2.24) is 24.0 Å². The number of ketones is 1. The van der Waals surface area contributed by atoms with Crippen LogP contribution >= 0.6 is 11.8 Å². The number of Topliss-reactive ketones (excluding diaryl/α,β-unsaturated/α-hetero) is 1. The smallest absolute Gasteiger partial charge is 0.332 e. The summed E-state index contributed by atoms with van der Waals surface area (Å²) in [4.78, 5) is 61.0. The van der Waals surface area contributed by atoms with Gasteiger partial charge in [-0.1, -0.05) is 11.8 Å². The topological polar surface area (TPSA) is 126 Å². The molecule has 0 fully saturated rings. The second kappa shape index (κ2) is 9.67. The van der Waals surface area contributed by atoms with E-state index in [0.29, 0.717) is 17.1 Å². The summed E-state index contributed by atoms with van der Waals surface area (Å²) < 4.78 is 12.8. The fourth-order valence-corrected chi connectivity index (χ4v) is 4.41. The third-order valence-electron chi connectivity index (χ3n) is 5.17. The SMILES string of the molecule is COc1ccc(-c2nc(S[C@@H](C(C)=O)C(=O)N(C)C)c3c(=O)n(C)c(=O)n(C)c3n2)cc1OC. The lowest BCUT2D eigenvalue weighted by atomic mass is 10.2. The van der Waals surface area contributed by atoms with E-state index < -0.39 is 28.2 Å². The van der Waals surface area contributed by atoms with Gasteiger partial charge in [-0.25, -0.2) is 14.8 Å². The van der Waals surface area contributed by atoms with Crippen molar-refractivity contribution < 1.29 is 19.1 Å². The van der Waals surface area contributed by atoms with E-state index in [1.165, 1.54) is 58.8 Å². The molecule has 0 saturated heterocycles. The van der Waals surface area contributed by atoms with E-state index in [-0.39, 0.29) is 21.9 Å². The van der Waals surface area contributed by atoms with Crippen LogP contribution in [-0.2, 0) is 23.7 Å². The molecule has 0 radical (unpaired) electrons. The average molecular weight is 488 g/mol. The number of nitrogens with zero attached hydrogens (tertiary/aromatic N) is 5. The van der Waals surface area contributed by atoms with Crippen molar-refractivity contribution in [2.45, 2.75) is 17.2 Å². The molecule has 180 valence electrons. The van der Waals surface area contributed by atoms with Crippen molar-refractivity contribution in [2.24, 2.45) is 14.1 Å². The van der Waals surface area contributed by atoms with E-state index in [2.05, 4.69) is 9.97 Å². The van der Waals surface area contributed by atoms with Gasteiger partial charge in [0.1, 0.15) is 15.7 Å². The van der Waals surface area contributed by atoms with E-state index >= 15 is 0 Å². The van der Waals surface area contributed by atoms with Gasteiger partial charge in [0.15, 0.2) is 28.8 Å². The number of aromatic nitrogens is 4. The number of hydrogen-bond acceptors (Lipinski definition) is 9. The highest BCUT2D eigenvalue weighted by Crippen LogP contribution is 2.34. The third-order valence-corrected chi connectivity index (χ3v) is 6.46. The van der Waals surface area contributed by atoms with Crippen LogP contribution < -0.4 is 20.7 Å². The van der Waals surface area contributed by atoms with Crippen LogP contribution in [0, 0.1) is 0 Å². The van der Waals surface area contributed by atoms with Crippen LogP contribution in [0.1, 0.15) is 6.92 Å². The normalized spacial score (nSPS) is 11.9. The van der Waals surface area contributed by atoms with E-state index in [0.717, 1.165) is 16.3 Å². The van der Waals surface area contributed by atoms with Crippen molar-refractivity contribution >= 4 is 34.5 Å². The zero-order valence-electron chi connectivity index (χ0n) is 19.9. The van der Waals surface area contributed by atoms with Gasteiger partial charge in [-0.3, -0.25) is 23.5 Å². The van der Waals surface area contributed by atoms with Crippen molar-refractivity contribution in [2.75, 3.05) is 28.3 Å². The number of thioether (sulfide) groups is 1. The first-order chi connectivity index (χ1) is 16.0. The van der Waals surface area contributed by atoms with Crippen LogP contribution in [0.5, 0.6) is 11.5 Å². The largest absolute Gasteiger partial charge is 0.493 e. The number of benzene rings is 1. The number of ether oxygens (including phenoxy) is 2. The van der Waals surface area contributed by atoms with Gasteiger partial charge >= 0.3 is 5.69 Å². The number of fused-ring (bicyclic) bond motifs is 1. The molecule has 2 heterocycles. The average Bonchev–Trinajstić information content (AvgIpc) is 2.82. The molecular formula is C22H25N5O6S. The van der Waals surface area contributed by atoms with Gasteiger partial charge in [0.25, 0.3) is 5.56 Å². The first-order valence-electron chi connectivity index (χ1n) is 10.1. The van der Waals surface area contributed by atoms with Crippen molar-refractivity contribution in [3.05, 3.63) is 39.0 Å². The van der Waals surface area contributed by atoms with Crippen LogP contribution in [0.15, 0.2) is 32.8 Å². The lowest BCUT2D eigenvalue weighted by Gasteiger charge is -2.19. The number of amides is 1. The molecule has 0 aliphatic rings. The molecule has 0 saturated carbocycles. The summed E-state index contributed by atoms with van der Waals surface area (Å²) in [5, 5.41) is -0.980. The molecule has 12 heteroatoms. The molecule has 0 bridgehead atoms. The summed E-state index contributed by atoms with van der Waals surface area (Å²) in [6.07, 6.45) is 0. The highest BCUT2D eigenvalue weighted by Gasteiger charge is 2.29. The molecule has 3 aromatic rings. The van der Waals surface area contributed by atoms with Gasteiger partial charge in [-0.05, 0) is 25.1 Å². The Kier molecular flexibility index (Phi) is 7.10. The van der Waals surface area contributed by atoms with E-state index in [9.17, 15) is 19.2 Å². The fraction of sp³-hybridized carbons (Fsp3) is 0.364. The van der Waals surface area contributed by atoms with E-state index in [4.69, 9.17) is 9.47 Å². The first-order valence-corrected chi connectivity index (χ1v) is 11.0. The zero-order valence-corrected chi connectivity index (χ0v) is 20.7. The maximum atomic E-state index is 13.0. The zero-order chi connectivity index (χ0) is 25.3. The van der Waals surface area contributed by atoms with Crippen LogP contribution in [-0.4, -0.2) is 69.3 Å². The van der Waals surface area contributed by atoms with E-state index in [1.807, 2.05) is 0 Å². The molecule has 34 heavy (non-hydrogen) atoms. The summed E-state index contributed by atoms with van der Waals surface area (Å²) in [5.41, 5.74) is -0.597. The minimum absolute atomic E-state index is 0.0385. The maximum Gasteiger partial charge on any atom is 0.332 e. The van der Waals surface area contributed by atoms with Crippen LogP contribution in [0.3, 0.4) is 0 Å². The molecule has 0 aliphatic heterocycles. The van der Waals surface area contributed by atoms with Crippen molar-refractivity contribution in [1.29, 1.82) is 0 Å². The number of hydrogen-bond donors (Lipinski definition) is 0. The standard InChI is InChI=1S/C22H25N5O6S/c1-11(28)16(21(30)25(2)3)34-19-15-18(26(4)22(31)27(5)20(15)29)23-17(24-19)12-8-9-13(32-6)14(10-12)33-7/h8-10,16H,1-7H3/t16-/m0/s1. The Labute approximate surface area is 199 Å². The Morgan fingerprint density at radius 3 is 2.24 bits per heavy atom. The Morgan fingerprint density at radius 1 is 1.03 bits per heavy atom. The van der Waals surface area contributed by atoms with Crippen LogP contribution in [0.25, 0.3) is 22.4 Å². The highest BCUT2D eigenvalue weighted by atomic mass is 32.2. The highest BCUT2D eigenvalue weighted by molar-refractivity contribution is 8.01. The van der Waals surface area contributed by atoms with Crippen LogP contribution in [0.4, 0.5) is 0 Å². The Bertz CT molecular complexity index is 1410. The second-order valence-corrected chi connectivity index (χ2v) is 8.76. The Morgan fingerprint density at radius 2 is 1.68 bits per heavy atom. The predicted octanol–water partition coefficient (Wildman–Crippen LogP) is 0.849. The molecule has 0 unspecified atom stereocenters. The summed E-state index contributed by atoms with van der Waals surface area (Å²) in [7, 11) is 8.89. The third kappa shape index (κ3) is 4.40. The van der Waals surface area contributed by atoms with Gasteiger partial charge in [-0.15, -0.1) is 0 Å². The monoisotopic (exact) mass is 487 g/mol. The van der Waals surface area contributed by atoms with Gasteiger partial charge in [0.2, 0.25) is 5.91 Å². The number of rotatable bonds is 7. The molecule has 0 spiro atoms. The Balaban J connectivity index is 2.36. The van der Waals surface area contributed by atoms with E-state index in [1.54, 1.807) is 18.2 Å². The molecule has 1 aromatic carbocycles. The quantitative estimate of drug-likeness (QED) is 0.271. The lowest BCUT2D eigenvalue weighted by Crippen LogP contribution is -2.38. The number of carbonyl (C=O) groups is 2. The predicted molar refractivity (Wildman–Crippen MR) is 128 cm³/mol. The maximum absolute atomic E-state index is 13.0. The summed E-state index contributed by atoms with van der Waals surface area (Å²) >= 11 is 0.850. The van der Waals surface area contributed by atoms with Crippen molar-refractivity contribution in [3.8, 4) is 22.9 Å². The lowest BCUT2D eigenvalue weighted by molar-refractivity contribution is -0.132. The first kappa shape index (κ1) is 25.0. The summed E-state index contributed by atoms with van der Waals surface area (Å²) in [6.45, 7) is 1.30. The minimum Gasteiger partial charge on any atom is -0.493 e. The Hall–Kier alpha value is -3.67. The van der Waals surface area contributed by atoms with Crippen molar-refractivity contribution in [3.63, 3.8) is 0 Å². The molecule has 0 N–H and O–H groups in total. The van der Waals surface area contributed by atoms with Crippen LogP contribution in [0.2, 0.25) is 0 Å². The molecule has 1 atom stereocenters. The molecule has 2 aromatic heterocycles. The number of methoxy groups -OCH3 is 2. The van der Waals surface area contributed by atoms with Gasteiger partial charge in [0.05, 0.1) is 14.2 Å². The van der Waals surface area contributed by atoms with Gasteiger partial charge in [-0.2, -0.15) is 0 Å². The number of aryl methyl sites for hydroxylation is 1. The second-order valence-electron chi connectivity index (χ2n) is 7.67. The molecule has 0 aliphatic carbocycles. The summed E-state index contributed by atoms with van der Waals surface area (Å²) in [5.74, 6) is 0.262. The van der Waals surface area contributed by atoms with Gasteiger partial charge < -0.3 is 14.4 Å². The van der Waals surface area contributed by atoms with Gasteiger partial charge in [0, 0.05) is 33.8 Å². The molecule has 11 nitrogen and oxygen atoms in total. The molecule has 3 rings (SSSR count). The minimum atomic E-state index is -1.13. The summed E-state index contributed by atoms with van der Waals surface area (Å²) in [6, 6.07) is 5.02. The fourth-order valence-electron chi connectivity index (χ4n) is 3.27.